The van der Waals surface area contributed by atoms with Crippen molar-refractivity contribution in [1.82, 2.24) is 20.5 Å². The number of para-hydroxylation sites is 1. The minimum absolute atomic E-state index is 0.0337. The van der Waals surface area contributed by atoms with E-state index in [9.17, 15) is 19.5 Å². The first-order valence-electron chi connectivity index (χ1n) is 23.2. The number of H-pyrrole nitrogens is 1. The number of aliphatic imine (C=N–C) groups is 1. The molecule has 5 aromatic rings. The molecule has 5 atom stereocenters. The summed E-state index contributed by atoms with van der Waals surface area (Å²) in [5, 5.41) is 16.8. The number of aromatic amines is 1. The van der Waals surface area contributed by atoms with Crippen molar-refractivity contribution < 1.29 is 29.1 Å². The molecular formula is C51H67N11O6. The molecule has 0 aliphatic carbocycles. The van der Waals surface area contributed by atoms with E-state index < -0.39 is 53.8 Å². The highest BCUT2D eigenvalue weighted by molar-refractivity contribution is 6.05. The molecule has 5 rings (SSSR count). The second-order valence-electron chi connectivity index (χ2n) is 17.2. The van der Waals surface area contributed by atoms with Crippen LogP contribution in [0.4, 0.5) is 0 Å². The predicted octanol–water partition coefficient (Wildman–Crippen LogP) is 2.58. The van der Waals surface area contributed by atoms with Crippen molar-refractivity contribution in [3.63, 3.8) is 0 Å². The number of benzene rings is 4. The summed E-state index contributed by atoms with van der Waals surface area (Å²) in [5.41, 5.74) is 41.0. The average Bonchev–Trinajstić information content (AvgIpc) is 3.74. The predicted molar refractivity (Wildman–Crippen MR) is 266 cm³/mol. The standard InChI is InChI=1S/C51H67N11O6/c52-24-6-5-11-44(61-48(66)42(54)28-34-16-22-40(64)23-17-34)49(67)62(46(47(55)65)30-38-31-60-43-10-4-3-9-41(38)43)50(68)45(58-25-7-1-2-8-26-59-51(56)57)29-35-14-20-37(21-15-35)36-18-12-33(13-19-36)27-39(53)32-63/h3-4,9-10,12-23,31-32,39,42,44-46,58,60,64H,1-2,5-8,11,24-30,52-54H2,(H2,55,65)(H,61,66)(H4,56,57,59)/t39-,42-,44-,45-,46-/m0/s1. The highest BCUT2D eigenvalue weighted by Gasteiger charge is 2.41. The number of imide groups is 1. The molecular weight excluding hydrogens is 863 g/mol. The van der Waals surface area contributed by atoms with Crippen molar-refractivity contribution in [2.75, 3.05) is 19.6 Å². The molecule has 17 nitrogen and oxygen atoms in total. The maximum Gasteiger partial charge on any atom is 0.252 e. The van der Waals surface area contributed by atoms with Crippen LogP contribution in [0.5, 0.6) is 5.75 Å². The first-order chi connectivity index (χ1) is 32.8. The number of nitrogens with two attached hydrogens (primary N) is 6. The Bertz CT molecular complexity index is 2440. The Morgan fingerprint density at radius 3 is 1.94 bits per heavy atom. The molecule has 16 N–H and O–H groups in total. The number of carbonyl (C=O) groups excluding carboxylic acids is 5. The Balaban J connectivity index is 1.49. The lowest BCUT2D eigenvalue weighted by atomic mass is 9.96. The molecule has 0 radical (unpaired) electrons. The zero-order valence-corrected chi connectivity index (χ0v) is 38.5. The molecule has 17 heteroatoms. The Morgan fingerprint density at radius 2 is 1.31 bits per heavy atom. The zero-order valence-electron chi connectivity index (χ0n) is 38.5. The molecule has 362 valence electrons. The van der Waals surface area contributed by atoms with Crippen LogP contribution in [0.3, 0.4) is 0 Å². The van der Waals surface area contributed by atoms with Crippen LogP contribution >= 0.6 is 0 Å². The van der Waals surface area contributed by atoms with Crippen molar-refractivity contribution in [2.24, 2.45) is 39.4 Å². The Morgan fingerprint density at radius 1 is 0.706 bits per heavy atom. The molecule has 0 fully saturated rings. The third kappa shape index (κ3) is 15.6. The summed E-state index contributed by atoms with van der Waals surface area (Å²) < 4.78 is 0. The molecule has 4 aromatic carbocycles. The molecule has 68 heavy (non-hydrogen) atoms. The Labute approximate surface area is 397 Å². The Kier molecular flexibility index (Phi) is 20.2. The van der Waals surface area contributed by atoms with Gasteiger partial charge in [0.2, 0.25) is 17.7 Å². The van der Waals surface area contributed by atoms with E-state index in [4.69, 9.17) is 34.4 Å². The fourth-order valence-electron chi connectivity index (χ4n) is 8.13. The number of aromatic nitrogens is 1. The first kappa shape index (κ1) is 52.1. The van der Waals surface area contributed by atoms with Gasteiger partial charge in [0.25, 0.3) is 5.91 Å². The molecule has 1 heterocycles. The lowest BCUT2D eigenvalue weighted by Crippen LogP contribution is -2.62. The number of hydrogen-bond donors (Lipinski definition) is 10. The fraction of sp³-hybridized carbons (Fsp3) is 0.373. The fourth-order valence-corrected chi connectivity index (χ4v) is 8.13. The van der Waals surface area contributed by atoms with E-state index in [1.807, 2.05) is 72.8 Å². The van der Waals surface area contributed by atoms with Crippen LogP contribution in [0.15, 0.2) is 108 Å². The molecule has 0 saturated heterocycles. The number of carbonyl (C=O) groups is 5. The summed E-state index contributed by atoms with van der Waals surface area (Å²) in [5.74, 6) is -2.95. The van der Waals surface area contributed by atoms with Gasteiger partial charge in [0.15, 0.2) is 5.96 Å². The van der Waals surface area contributed by atoms with Crippen LogP contribution in [-0.2, 0) is 49.7 Å². The second kappa shape index (κ2) is 26.4. The van der Waals surface area contributed by atoms with E-state index in [2.05, 4.69) is 20.6 Å². The van der Waals surface area contributed by atoms with Crippen molar-refractivity contribution in [3.05, 3.63) is 126 Å². The third-order valence-corrected chi connectivity index (χ3v) is 11.9. The highest BCUT2D eigenvalue weighted by atomic mass is 16.3. The van der Waals surface area contributed by atoms with Crippen LogP contribution in [0.2, 0.25) is 0 Å². The van der Waals surface area contributed by atoms with Crippen LogP contribution in [-0.4, -0.2) is 101 Å². The molecule has 4 amide bonds. The average molecular weight is 930 g/mol. The van der Waals surface area contributed by atoms with E-state index in [0.717, 1.165) is 63.6 Å². The molecule has 0 bridgehead atoms. The van der Waals surface area contributed by atoms with Gasteiger partial charge in [0.05, 0.1) is 18.1 Å². The normalized spacial score (nSPS) is 13.5. The van der Waals surface area contributed by atoms with E-state index >= 15 is 9.59 Å². The number of rotatable bonds is 28. The summed E-state index contributed by atoms with van der Waals surface area (Å²) in [4.78, 5) is 77.6. The number of nitrogens with one attached hydrogen (secondary N) is 3. The van der Waals surface area contributed by atoms with Crippen molar-refractivity contribution in [1.29, 1.82) is 0 Å². The quantitative estimate of drug-likeness (QED) is 0.0150. The van der Waals surface area contributed by atoms with Crippen molar-refractivity contribution in [2.45, 2.75) is 101 Å². The van der Waals surface area contributed by atoms with Crippen molar-refractivity contribution in [3.8, 4) is 16.9 Å². The highest BCUT2D eigenvalue weighted by Crippen LogP contribution is 2.25. The number of nitrogens with zero attached hydrogens (tertiary/aromatic N) is 2. The third-order valence-electron chi connectivity index (χ3n) is 11.9. The lowest BCUT2D eigenvalue weighted by molar-refractivity contribution is -0.154. The smallest absolute Gasteiger partial charge is 0.252 e. The zero-order chi connectivity index (χ0) is 49.0. The first-order valence-corrected chi connectivity index (χ1v) is 23.2. The summed E-state index contributed by atoms with van der Waals surface area (Å²) in [6.07, 6.45) is 7.14. The van der Waals surface area contributed by atoms with E-state index in [0.29, 0.717) is 56.4 Å². The van der Waals surface area contributed by atoms with Gasteiger partial charge < -0.3 is 59.9 Å². The number of fused-ring (bicyclic) bond motifs is 1. The monoisotopic (exact) mass is 930 g/mol. The van der Waals surface area contributed by atoms with Gasteiger partial charge in [-0.2, -0.15) is 0 Å². The number of phenolic OH excluding ortho intramolecular Hbond substituents is 1. The number of aldehydes is 1. The van der Waals surface area contributed by atoms with Crippen LogP contribution < -0.4 is 45.0 Å². The van der Waals surface area contributed by atoms with E-state index in [-0.39, 0.29) is 37.4 Å². The summed E-state index contributed by atoms with van der Waals surface area (Å²) >= 11 is 0. The van der Waals surface area contributed by atoms with Gasteiger partial charge in [-0.15, -0.1) is 0 Å². The maximum absolute atomic E-state index is 15.4. The van der Waals surface area contributed by atoms with Gasteiger partial charge in [-0.05, 0) is 116 Å². The largest absolute Gasteiger partial charge is 0.508 e. The minimum Gasteiger partial charge on any atom is -0.508 e. The summed E-state index contributed by atoms with van der Waals surface area (Å²) in [6, 6.07) is 23.8. The summed E-state index contributed by atoms with van der Waals surface area (Å²) in [7, 11) is 0. The molecule has 0 aliphatic rings. The summed E-state index contributed by atoms with van der Waals surface area (Å²) in [6.45, 7) is 1.21. The number of phenols is 1. The van der Waals surface area contributed by atoms with E-state index in [1.165, 1.54) is 12.1 Å². The van der Waals surface area contributed by atoms with Crippen LogP contribution in [0.1, 0.15) is 67.2 Å². The molecule has 0 unspecified atom stereocenters. The topological polar surface area (TPSA) is 317 Å². The Hall–Kier alpha value is -6.92. The lowest BCUT2D eigenvalue weighted by Gasteiger charge is -2.34. The van der Waals surface area contributed by atoms with Gasteiger partial charge in [-0.3, -0.25) is 29.1 Å². The van der Waals surface area contributed by atoms with Gasteiger partial charge in [0, 0.05) is 30.1 Å². The number of primary amides is 1. The number of hydrogen-bond acceptors (Lipinski definition) is 11. The molecule has 0 aliphatic heterocycles. The van der Waals surface area contributed by atoms with Crippen LogP contribution in [0.25, 0.3) is 22.0 Å². The maximum atomic E-state index is 15.4. The van der Waals surface area contributed by atoms with Crippen molar-refractivity contribution >= 4 is 46.8 Å². The molecule has 0 spiro atoms. The second-order valence-corrected chi connectivity index (χ2v) is 17.2. The van der Waals surface area contributed by atoms with Gasteiger partial charge in [-0.1, -0.05) is 91.7 Å². The van der Waals surface area contributed by atoms with Gasteiger partial charge in [0.1, 0.15) is 24.1 Å². The molecule has 0 saturated carbocycles. The van der Waals surface area contributed by atoms with Gasteiger partial charge in [-0.25, -0.2) is 0 Å². The number of aromatic hydroxyl groups is 1. The SMILES string of the molecule is NCCCC[C@H](NC(=O)[C@@H](N)Cc1ccc(O)cc1)C(=O)N(C(=O)[C@H](Cc1ccc(-c2ccc(C[C@H](N)C=O)cc2)cc1)NCCCCCCN=C(N)N)[C@@H](Cc1c[nH]c2ccccc12)C(N)=O. The number of guanidine groups is 1. The number of unbranched alkanes of at least 4 members (excludes halogenated alkanes) is 4. The van der Waals surface area contributed by atoms with E-state index in [1.54, 1.807) is 18.3 Å². The minimum atomic E-state index is -1.46. The molecule has 1 aromatic heterocycles. The van der Waals surface area contributed by atoms with Gasteiger partial charge >= 0.3 is 0 Å². The number of amides is 4. The van der Waals surface area contributed by atoms with Crippen LogP contribution in [0, 0.1) is 0 Å².